The van der Waals surface area contributed by atoms with E-state index >= 15 is 0 Å². The number of aryl methyl sites for hydroxylation is 2. The predicted molar refractivity (Wildman–Crippen MR) is 110 cm³/mol. The van der Waals surface area contributed by atoms with Crippen molar-refractivity contribution in [2.24, 2.45) is 7.05 Å². The summed E-state index contributed by atoms with van der Waals surface area (Å²) < 4.78 is 13.8. The van der Waals surface area contributed by atoms with Gasteiger partial charge in [0.05, 0.1) is 18.4 Å². The quantitative estimate of drug-likeness (QED) is 0.486. The number of carbonyl (C=O) groups is 2. The second-order valence-corrected chi connectivity index (χ2v) is 7.64. The summed E-state index contributed by atoms with van der Waals surface area (Å²) in [7, 11) is 2.83. The zero-order valence-corrected chi connectivity index (χ0v) is 17.6. The van der Waals surface area contributed by atoms with Gasteiger partial charge in [0.15, 0.2) is 0 Å². The fourth-order valence-electron chi connectivity index (χ4n) is 3.89. The van der Waals surface area contributed by atoms with E-state index in [1.807, 2.05) is 13.0 Å². The molecule has 2 aromatic heterocycles. The average Bonchev–Trinajstić information content (AvgIpc) is 3.49. The molecule has 8 nitrogen and oxygen atoms in total. The highest BCUT2D eigenvalue weighted by Gasteiger charge is 2.31. The van der Waals surface area contributed by atoms with Gasteiger partial charge in [0, 0.05) is 29.7 Å². The Hall–Kier alpha value is -3.42. The minimum atomic E-state index is -0.754. The number of rotatable bonds is 4. The Kier molecular flexibility index (Phi) is 4.72. The van der Waals surface area contributed by atoms with Crippen LogP contribution in [0.4, 0.5) is 0 Å². The molecule has 0 saturated heterocycles. The van der Waals surface area contributed by atoms with Crippen LogP contribution in [0, 0.1) is 20.8 Å². The van der Waals surface area contributed by atoms with E-state index in [4.69, 9.17) is 9.47 Å². The summed E-state index contributed by atoms with van der Waals surface area (Å²) >= 11 is 0. The Labute approximate surface area is 173 Å². The Bertz CT molecular complexity index is 1260. The van der Waals surface area contributed by atoms with E-state index in [0.717, 1.165) is 28.7 Å². The van der Waals surface area contributed by atoms with Gasteiger partial charge in [0.1, 0.15) is 11.3 Å². The molecule has 3 aromatic rings. The highest BCUT2D eigenvalue weighted by molar-refractivity contribution is 6.06. The van der Waals surface area contributed by atoms with Crippen molar-refractivity contribution < 1.29 is 19.1 Å². The Morgan fingerprint density at radius 2 is 1.80 bits per heavy atom. The van der Waals surface area contributed by atoms with Gasteiger partial charge in [-0.15, -0.1) is 0 Å². The Morgan fingerprint density at radius 3 is 2.43 bits per heavy atom. The number of hydrogen-bond acceptors (Lipinski definition) is 6. The first-order chi connectivity index (χ1) is 14.2. The molecule has 2 heterocycles. The molecule has 156 valence electrons. The molecule has 0 N–H and O–H groups in total. The van der Waals surface area contributed by atoms with Crippen molar-refractivity contribution in [2.75, 3.05) is 7.11 Å². The lowest BCUT2D eigenvalue weighted by molar-refractivity contribution is 0.0601. The number of esters is 2. The van der Waals surface area contributed by atoms with Crippen molar-refractivity contribution in [3.05, 3.63) is 56.6 Å². The highest BCUT2D eigenvalue weighted by atomic mass is 16.5. The van der Waals surface area contributed by atoms with Gasteiger partial charge in [-0.05, 0) is 57.4 Å². The van der Waals surface area contributed by atoms with Crippen LogP contribution in [-0.4, -0.2) is 33.4 Å². The van der Waals surface area contributed by atoms with Crippen molar-refractivity contribution >= 4 is 22.8 Å². The minimum absolute atomic E-state index is 0.0509. The monoisotopic (exact) mass is 409 g/mol. The standard InChI is InChI=1S/C22H23N3O5/c1-11-12(2)23-24(4)20(26)18(11)22(28)30-15-8-9-17-16(10-15)19(21(27)29-5)13(3)25(17)14-6-7-14/h8-10,14H,6-7H2,1-5H3. The SMILES string of the molecule is COC(=O)c1c(C)n(C2CC2)c2ccc(OC(=O)c3c(C)c(C)nn(C)c3=O)cc12. The van der Waals surface area contributed by atoms with Crippen LogP contribution in [0.2, 0.25) is 0 Å². The molecule has 1 aromatic carbocycles. The lowest BCUT2D eigenvalue weighted by Gasteiger charge is -2.10. The van der Waals surface area contributed by atoms with Gasteiger partial charge in [-0.1, -0.05) is 0 Å². The summed E-state index contributed by atoms with van der Waals surface area (Å²) in [4.78, 5) is 37.7. The summed E-state index contributed by atoms with van der Waals surface area (Å²) in [5, 5.41) is 4.74. The summed E-state index contributed by atoms with van der Waals surface area (Å²) in [5.74, 6) is -0.938. The van der Waals surface area contributed by atoms with Crippen molar-refractivity contribution in [3.63, 3.8) is 0 Å². The lowest BCUT2D eigenvalue weighted by atomic mass is 10.1. The molecule has 1 saturated carbocycles. The number of methoxy groups -OCH3 is 1. The third kappa shape index (κ3) is 3.08. The van der Waals surface area contributed by atoms with Crippen LogP contribution in [0.3, 0.4) is 0 Å². The molecule has 0 amide bonds. The van der Waals surface area contributed by atoms with E-state index < -0.39 is 17.5 Å². The van der Waals surface area contributed by atoms with Crippen molar-refractivity contribution in [2.45, 2.75) is 39.7 Å². The first-order valence-corrected chi connectivity index (χ1v) is 9.74. The molecular weight excluding hydrogens is 386 g/mol. The van der Waals surface area contributed by atoms with E-state index in [9.17, 15) is 14.4 Å². The molecule has 4 rings (SSSR count). The molecular formula is C22H23N3O5. The second kappa shape index (κ2) is 7.12. The van der Waals surface area contributed by atoms with Gasteiger partial charge in [-0.25, -0.2) is 14.3 Å². The van der Waals surface area contributed by atoms with Crippen molar-refractivity contribution in [1.29, 1.82) is 0 Å². The first-order valence-electron chi connectivity index (χ1n) is 9.74. The Balaban J connectivity index is 1.79. The molecule has 0 radical (unpaired) electrons. The van der Waals surface area contributed by atoms with E-state index in [1.165, 1.54) is 14.2 Å². The van der Waals surface area contributed by atoms with Crippen LogP contribution in [0.25, 0.3) is 10.9 Å². The van der Waals surface area contributed by atoms with Gasteiger partial charge in [0.2, 0.25) is 0 Å². The number of ether oxygens (including phenoxy) is 2. The number of hydrogen-bond donors (Lipinski definition) is 0. The first kappa shape index (κ1) is 19.9. The van der Waals surface area contributed by atoms with Crippen molar-refractivity contribution in [3.8, 4) is 5.75 Å². The normalized spacial score (nSPS) is 13.5. The number of carbonyl (C=O) groups excluding carboxylic acids is 2. The number of benzene rings is 1. The van der Waals surface area contributed by atoms with Crippen molar-refractivity contribution in [1.82, 2.24) is 14.3 Å². The topological polar surface area (TPSA) is 92.4 Å². The minimum Gasteiger partial charge on any atom is -0.465 e. The van der Waals surface area contributed by atoms with Crippen LogP contribution in [0.5, 0.6) is 5.75 Å². The Morgan fingerprint density at radius 1 is 1.10 bits per heavy atom. The summed E-state index contributed by atoms with van der Waals surface area (Å²) in [6.45, 7) is 5.28. The molecule has 1 fully saturated rings. The summed E-state index contributed by atoms with van der Waals surface area (Å²) in [6.07, 6.45) is 2.12. The lowest BCUT2D eigenvalue weighted by Crippen LogP contribution is -2.30. The molecule has 8 heteroatoms. The molecule has 1 aliphatic rings. The van der Waals surface area contributed by atoms with E-state index in [0.29, 0.717) is 28.2 Å². The number of aromatic nitrogens is 3. The molecule has 30 heavy (non-hydrogen) atoms. The maximum absolute atomic E-state index is 12.8. The van der Waals surface area contributed by atoms with E-state index in [1.54, 1.807) is 26.0 Å². The average molecular weight is 409 g/mol. The maximum Gasteiger partial charge on any atom is 0.349 e. The molecule has 0 spiro atoms. The maximum atomic E-state index is 12.8. The summed E-state index contributed by atoms with van der Waals surface area (Å²) in [6, 6.07) is 5.52. The predicted octanol–water partition coefficient (Wildman–Crippen LogP) is 3.00. The van der Waals surface area contributed by atoms with Crippen LogP contribution < -0.4 is 10.3 Å². The van der Waals surface area contributed by atoms with Gasteiger partial charge in [-0.2, -0.15) is 5.10 Å². The van der Waals surface area contributed by atoms with Gasteiger partial charge < -0.3 is 14.0 Å². The number of nitrogens with zero attached hydrogens (tertiary/aromatic N) is 3. The van der Waals surface area contributed by atoms with Gasteiger partial charge >= 0.3 is 11.9 Å². The van der Waals surface area contributed by atoms with E-state index in [2.05, 4.69) is 9.67 Å². The smallest absolute Gasteiger partial charge is 0.349 e. The largest absolute Gasteiger partial charge is 0.465 e. The zero-order valence-electron chi connectivity index (χ0n) is 17.6. The molecule has 0 unspecified atom stereocenters. The molecule has 1 aliphatic carbocycles. The van der Waals surface area contributed by atoms with Gasteiger partial charge in [-0.3, -0.25) is 4.79 Å². The fourth-order valence-corrected chi connectivity index (χ4v) is 3.89. The molecule has 0 atom stereocenters. The summed E-state index contributed by atoms with van der Waals surface area (Å²) in [5.41, 5.74) is 2.67. The van der Waals surface area contributed by atoms with Crippen LogP contribution in [0.1, 0.15) is 56.6 Å². The third-order valence-corrected chi connectivity index (χ3v) is 5.66. The number of fused-ring (bicyclic) bond motifs is 1. The highest BCUT2D eigenvalue weighted by Crippen LogP contribution is 2.42. The molecule has 0 bridgehead atoms. The van der Waals surface area contributed by atoms with E-state index in [-0.39, 0.29) is 11.3 Å². The molecule has 0 aliphatic heterocycles. The zero-order chi connectivity index (χ0) is 21.7. The third-order valence-electron chi connectivity index (χ3n) is 5.66. The fraction of sp³-hybridized carbons (Fsp3) is 0.364. The van der Waals surface area contributed by atoms with Crippen LogP contribution >= 0.6 is 0 Å². The second-order valence-electron chi connectivity index (χ2n) is 7.64. The van der Waals surface area contributed by atoms with Gasteiger partial charge in [0.25, 0.3) is 5.56 Å². The van der Waals surface area contributed by atoms with Crippen LogP contribution in [0.15, 0.2) is 23.0 Å². The van der Waals surface area contributed by atoms with Crippen LogP contribution in [-0.2, 0) is 11.8 Å².